The van der Waals surface area contributed by atoms with Crippen LogP contribution in [0.3, 0.4) is 0 Å². The number of aliphatic hydroxyl groups is 1. The Hall–Kier alpha value is -1.06. The van der Waals surface area contributed by atoms with Gasteiger partial charge in [0.1, 0.15) is 5.75 Å². The third-order valence-corrected chi connectivity index (χ3v) is 2.75. The predicted octanol–water partition coefficient (Wildman–Crippen LogP) is 1.80. The van der Waals surface area contributed by atoms with Gasteiger partial charge in [0.05, 0.1) is 5.92 Å². The normalized spacial score (nSPS) is 19.6. The summed E-state index contributed by atoms with van der Waals surface area (Å²) in [5.74, 6) is 0.0680. The second-order valence-electron chi connectivity index (χ2n) is 3.59. The standard InChI is InChI=1S/C11H11ClO3/c12-9-1-2-10-8(6-9)5-7(3-4-13)11(14)15-10/h1-2,6-7,13H,3-5H2. The molecule has 0 bridgehead atoms. The van der Waals surface area contributed by atoms with Gasteiger partial charge in [0.25, 0.3) is 0 Å². The molecule has 1 aliphatic heterocycles. The molecule has 1 N–H and O–H groups in total. The van der Waals surface area contributed by atoms with Gasteiger partial charge in [0.15, 0.2) is 0 Å². The summed E-state index contributed by atoms with van der Waals surface area (Å²) in [5, 5.41) is 9.44. The van der Waals surface area contributed by atoms with Gasteiger partial charge >= 0.3 is 5.97 Å². The van der Waals surface area contributed by atoms with Crippen LogP contribution in [0.5, 0.6) is 5.75 Å². The van der Waals surface area contributed by atoms with Crippen LogP contribution in [0.2, 0.25) is 5.02 Å². The minimum Gasteiger partial charge on any atom is -0.426 e. The molecule has 0 amide bonds. The molecule has 1 aromatic rings. The van der Waals surface area contributed by atoms with Crippen molar-refractivity contribution < 1.29 is 14.6 Å². The number of rotatable bonds is 2. The van der Waals surface area contributed by atoms with Crippen molar-refractivity contribution in [3.05, 3.63) is 28.8 Å². The van der Waals surface area contributed by atoms with Crippen molar-refractivity contribution in [2.45, 2.75) is 12.8 Å². The fraction of sp³-hybridized carbons (Fsp3) is 0.364. The SMILES string of the molecule is O=C1Oc2ccc(Cl)cc2CC1CCO. The first-order chi connectivity index (χ1) is 7.20. The Bertz CT molecular complexity index is 389. The van der Waals surface area contributed by atoms with Crippen molar-refractivity contribution in [3.8, 4) is 5.75 Å². The molecule has 15 heavy (non-hydrogen) atoms. The zero-order valence-corrected chi connectivity index (χ0v) is 8.83. The predicted molar refractivity (Wildman–Crippen MR) is 56.0 cm³/mol. The number of benzene rings is 1. The maximum absolute atomic E-state index is 11.5. The second-order valence-corrected chi connectivity index (χ2v) is 4.02. The maximum Gasteiger partial charge on any atom is 0.314 e. The molecule has 0 aliphatic carbocycles. The highest BCUT2D eigenvalue weighted by Gasteiger charge is 2.27. The first-order valence-electron chi connectivity index (χ1n) is 4.81. The smallest absolute Gasteiger partial charge is 0.314 e. The molecule has 1 aromatic carbocycles. The lowest BCUT2D eigenvalue weighted by molar-refractivity contribution is -0.140. The van der Waals surface area contributed by atoms with Gasteiger partial charge in [-0.05, 0) is 36.6 Å². The number of hydrogen-bond acceptors (Lipinski definition) is 3. The van der Waals surface area contributed by atoms with Gasteiger partial charge in [-0.15, -0.1) is 0 Å². The minimum atomic E-state index is -0.265. The Morgan fingerprint density at radius 3 is 3.07 bits per heavy atom. The van der Waals surface area contributed by atoms with E-state index in [0.29, 0.717) is 23.6 Å². The summed E-state index contributed by atoms with van der Waals surface area (Å²) in [4.78, 5) is 11.5. The molecule has 0 aromatic heterocycles. The molecule has 0 fully saturated rings. The van der Waals surface area contributed by atoms with E-state index in [1.165, 1.54) is 0 Å². The van der Waals surface area contributed by atoms with Crippen LogP contribution in [0.4, 0.5) is 0 Å². The number of carbonyl (C=O) groups is 1. The van der Waals surface area contributed by atoms with Crippen molar-refractivity contribution >= 4 is 17.6 Å². The monoisotopic (exact) mass is 226 g/mol. The maximum atomic E-state index is 11.5. The lowest BCUT2D eigenvalue weighted by atomic mass is 9.94. The molecule has 0 saturated heterocycles. The van der Waals surface area contributed by atoms with E-state index in [1.54, 1.807) is 18.2 Å². The Labute approximate surface area is 92.6 Å². The molecular formula is C11H11ClO3. The van der Waals surface area contributed by atoms with E-state index in [2.05, 4.69) is 0 Å². The van der Waals surface area contributed by atoms with Crippen LogP contribution in [-0.2, 0) is 11.2 Å². The number of halogens is 1. The summed E-state index contributed by atoms with van der Waals surface area (Å²) in [6.07, 6.45) is 1.03. The average Bonchev–Trinajstić information content (AvgIpc) is 2.20. The Kier molecular flexibility index (Phi) is 2.93. The van der Waals surface area contributed by atoms with Gasteiger partial charge in [-0.25, -0.2) is 0 Å². The molecule has 2 rings (SSSR count). The summed E-state index contributed by atoms with van der Waals surface area (Å²) in [6.45, 7) is -0.00430. The highest BCUT2D eigenvalue weighted by molar-refractivity contribution is 6.30. The second kappa shape index (κ2) is 4.21. The molecular weight excluding hydrogens is 216 g/mol. The van der Waals surface area contributed by atoms with E-state index in [0.717, 1.165) is 5.56 Å². The van der Waals surface area contributed by atoms with E-state index >= 15 is 0 Å². The number of carbonyl (C=O) groups excluding carboxylic acids is 1. The quantitative estimate of drug-likeness (QED) is 0.618. The van der Waals surface area contributed by atoms with Crippen LogP contribution in [0.25, 0.3) is 0 Å². The molecule has 80 valence electrons. The van der Waals surface area contributed by atoms with Gasteiger partial charge < -0.3 is 9.84 Å². The number of fused-ring (bicyclic) bond motifs is 1. The minimum absolute atomic E-state index is 0.00430. The van der Waals surface area contributed by atoms with E-state index in [1.807, 2.05) is 0 Å². The van der Waals surface area contributed by atoms with Crippen molar-refractivity contribution in [1.82, 2.24) is 0 Å². The fourth-order valence-corrected chi connectivity index (χ4v) is 1.92. The summed E-state index contributed by atoms with van der Waals surface area (Å²) in [5.41, 5.74) is 0.931. The van der Waals surface area contributed by atoms with Crippen molar-refractivity contribution in [3.63, 3.8) is 0 Å². The highest BCUT2D eigenvalue weighted by atomic mass is 35.5. The first kappa shape index (κ1) is 10.5. The van der Waals surface area contributed by atoms with Gasteiger partial charge in [0, 0.05) is 11.6 Å². The highest BCUT2D eigenvalue weighted by Crippen LogP contribution is 2.31. The van der Waals surface area contributed by atoms with Gasteiger partial charge in [-0.1, -0.05) is 11.6 Å². The van der Waals surface area contributed by atoms with Crippen molar-refractivity contribution in [2.24, 2.45) is 5.92 Å². The number of aliphatic hydroxyl groups excluding tert-OH is 1. The average molecular weight is 227 g/mol. The molecule has 0 spiro atoms. The molecule has 0 saturated carbocycles. The van der Waals surface area contributed by atoms with Gasteiger partial charge in [-0.2, -0.15) is 0 Å². The molecule has 1 unspecified atom stereocenters. The Morgan fingerprint density at radius 2 is 2.33 bits per heavy atom. The van der Waals surface area contributed by atoms with Crippen LogP contribution in [0.15, 0.2) is 18.2 Å². The van der Waals surface area contributed by atoms with Crippen LogP contribution < -0.4 is 4.74 Å². The third kappa shape index (κ3) is 2.13. The van der Waals surface area contributed by atoms with Crippen molar-refractivity contribution in [1.29, 1.82) is 0 Å². The fourth-order valence-electron chi connectivity index (χ4n) is 1.72. The van der Waals surface area contributed by atoms with E-state index in [9.17, 15) is 4.79 Å². The summed E-state index contributed by atoms with van der Waals surface area (Å²) >= 11 is 5.85. The topological polar surface area (TPSA) is 46.5 Å². The number of ether oxygens (including phenoxy) is 1. The molecule has 1 atom stereocenters. The summed E-state index contributed by atoms with van der Waals surface area (Å²) < 4.78 is 5.14. The lowest BCUT2D eigenvalue weighted by Crippen LogP contribution is -2.28. The van der Waals surface area contributed by atoms with Crippen LogP contribution in [0, 0.1) is 5.92 Å². The van der Waals surface area contributed by atoms with Crippen LogP contribution in [-0.4, -0.2) is 17.7 Å². The van der Waals surface area contributed by atoms with Crippen LogP contribution in [0.1, 0.15) is 12.0 Å². The number of esters is 1. The third-order valence-electron chi connectivity index (χ3n) is 2.51. The van der Waals surface area contributed by atoms with Gasteiger partial charge in [0.2, 0.25) is 0 Å². The van der Waals surface area contributed by atoms with E-state index in [-0.39, 0.29) is 18.5 Å². The lowest BCUT2D eigenvalue weighted by Gasteiger charge is -2.22. The molecule has 0 radical (unpaired) electrons. The zero-order chi connectivity index (χ0) is 10.8. The molecule has 4 heteroatoms. The Morgan fingerprint density at radius 1 is 1.53 bits per heavy atom. The molecule has 3 nitrogen and oxygen atoms in total. The number of hydrogen-bond donors (Lipinski definition) is 1. The zero-order valence-electron chi connectivity index (χ0n) is 8.07. The largest absolute Gasteiger partial charge is 0.426 e. The van der Waals surface area contributed by atoms with E-state index < -0.39 is 0 Å². The van der Waals surface area contributed by atoms with Crippen LogP contribution >= 0.6 is 11.6 Å². The Balaban J connectivity index is 2.26. The molecule has 1 aliphatic rings. The van der Waals surface area contributed by atoms with E-state index in [4.69, 9.17) is 21.4 Å². The summed E-state index contributed by atoms with van der Waals surface area (Å²) in [6, 6.07) is 5.19. The van der Waals surface area contributed by atoms with Gasteiger partial charge in [-0.3, -0.25) is 4.79 Å². The summed E-state index contributed by atoms with van der Waals surface area (Å²) in [7, 11) is 0. The molecule has 1 heterocycles. The van der Waals surface area contributed by atoms with Crippen molar-refractivity contribution in [2.75, 3.05) is 6.61 Å². The first-order valence-corrected chi connectivity index (χ1v) is 5.19.